The van der Waals surface area contributed by atoms with Crippen molar-refractivity contribution in [1.82, 2.24) is 4.90 Å². The Hall–Kier alpha value is -2.24. The van der Waals surface area contributed by atoms with Crippen LogP contribution in [0.3, 0.4) is 0 Å². The molecule has 156 valence electrons. The topological polar surface area (TPSA) is 51.2 Å². The summed E-state index contributed by atoms with van der Waals surface area (Å²) in [5.74, 6) is 2.36. The van der Waals surface area contributed by atoms with Crippen LogP contribution in [-0.4, -0.2) is 43.4 Å². The lowest BCUT2D eigenvalue weighted by atomic mass is 9.80. The average molecular weight is 398 g/mol. The van der Waals surface area contributed by atoms with Gasteiger partial charge in [-0.1, -0.05) is 12.1 Å². The van der Waals surface area contributed by atoms with Gasteiger partial charge < -0.3 is 19.3 Å². The van der Waals surface area contributed by atoms with Crippen LogP contribution in [0.5, 0.6) is 17.2 Å². The molecule has 2 unspecified atom stereocenters. The Morgan fingerprint density at radius 1 is 0.931 bits per heavy atom. The molecular weight excluding hydrogens is 366 g/mol. The fourth-order valence-electron chi connectivity index (χ4n) is 5.10. The van der Waals surface area contributed by atoms with Crippen molar-refractivity contribution in [2.45, 2.75) is 56.8 Å². The standard InChI is InChI=1S/C24H31NO4/c1-16-11-22(28-3)23(29-4)12-17(16)15-25-19-7-8-20(25)14-24(26,13-19)18-5-9-21(27-2)10-6-18/h5-6,9-12,19-20,26H,7-8,13-15H2,1-4H3. The minimum Gasteiger partial charge on any atom is -0.497 e. The van der Waals surface area contributed by atoms with Gasteiger partial charge in [-0.25, -0.2) is 0 Å². The van der Waals surface area contributed by atoms with Crippen molar-refractivity contribution in [3.05, 3.63) is 53.1 Å². The first-order chi connectivity index (χ1) is 14.0. The summed E-state index contributed by atoms with van der Waals surface area (Å²) in [6, 6.07) is 12.8. The number of methoxy groups -OCH3 is 3. The largest absolute Gasteiger partial charge is 0.497 e. The third-order valence-electron chi connectivity index (χ3n) is 6.74. The van der Waals surface area contributed by atoms with E-state index in [-0.39, 0.29) is 0 Å². The molecule has 0 aliphatic carbocycles. The summed E-state index contributed by atoms with van der Waals surface area (Å²) in [6.07, 6.45) is 3.80. The van der Waals surface area contributed by atoms with Crippen LogP contribution < -0.4 is 14.2 Å². The van der Waals surface area contributed by atoms with Crippen LogP contribution in [0.1, 0.15) is 42.4 Å². The number of hydrogen-bond acceptors (Lipinski definition) is 5. The van der Waals surface area contributed by atoms with E-state index >= 15 is 0 Å². The number of aliphatic hydroxyl groups is 1. The Balaban J connectivity index is 1.54. The lowest BCUT2D eigenvalue weighted by Gasteiger charge is -2.44. The molecule has 2 bridgehead atoms. The number of hydrogen-bond donors (Lipinski definition) is 1. The normalized spacial score (nSPS) is 26.4. The predicted molar refractivity (Wildman–Crippen MR) is 113 cm³/mol. The van der Waals surface area contributed by atoms with Gasteiger partial charge in [0.25, 0.3) is 0 Å². The van der Waals surface area contributed by atoms with Crippen molar-refractivity contribution in [2.75, 3.05) is 21.3 Å². The molecule has 2 fully saturated rings. The number of benzene rings is 2. The molecule has 0 saturated carbocycles. The highest BCUT2D eigenvalue weighted by molar-refractivity contribution is 5.47. The van der Waals surface area contributed by atoms with Crippen LogP contribution >= 0.6 is 0 Å². The maximum atomic E-state index is 11.5. The monoisotopic (exact) mass is 397 g/mol. The van der Waals surface area contributed by atoms with Crippen molar-refractivity contribution in [1.29, 1.82) is 0 Å². The molecule has 2 atom stereocenters. The number of aryl methyl sites for hydroxylation is 1. The number of rotatable bonds is 6. The zero-order chi connectivity index (χ0) is 20.6. The quantitative estimate of drug-likeness (QED) is 0.797. The van der Waals surface area contributed by atoms with Crippen molar-refractivity contribution < 1.29 is 19.3 Å². The van der Waals surface area contributed by atoms with Crippen molar-refractivity contribution in [3.63, 3.8) is 0 Å². The van der Waals surface area contributed by atoms with Crippen LogP contribution in [0.2, 0.25) is 0 Å². The smallest absolute Gasteiger partial charge is 0.161 e. The molecule has 4 rings (SSSR count). The van der Waals surface area contributed by atoms with E-state index in [2.05, 4.69) is 17.9 Å². The zero-order valence-corrected chi connectivity index (χ0v) is 17.8. The number of fused-ring (bicyclic) bond motifs is 2. The van der Waals surface area contributed by atoms with Gasteiger partial charge in [0.05, 0.1) is 26.9 Å². The van der Waals surface area contributed by atoms with Crippen LogP contribution in [-0.2, 0) is 12.1 Å². The summed E-state index contributed by atoms with van der Waals surface area (Å²) in [7, 11) is 5.01. The number of ether oxygens (including phenoxy) is 3. The Morgan fingerprint density at radius 2 is 1.52 bits per heavy atom. The van der Waals surface area contributed by atoms with Gasteiger partial charge in [-0.15, -0.1) is 0 Å². The fraction of sp³-hybridized carbons (Fsp3) is 0.500. The fourth-order valence-corrected chi connectivity index (χ4v) is 5.10. The molecule has 0 spiro atoms. The van der Waals surface area contributed by atoms with Gasteiger partial charge in [-0.2, -0.15) is 0 Å². The molecule has 2 aromatic carbocycles. The molecule has 2 aromatic rings. The van der Waals surface area contributed by atoms with Crippen LogP contribution in [0.15, 0.2) is 36.4 Å². The minimum absolute atomic E-state index is 0.383. The predicted octanol–water partition coefficient (Wildman–Crippen LogP) is 4.04. The maximum absolute atomic E-state index is 11.5. The molecule has 5 nitrogen and oxygen atoms in total. The van der Waals surface area contributed by atoms with Gasteiger partial charge in [0, 0.05) is 18.6 Å². The third kappa shape index (κ3) is 3.69. The molecule has 2 heterocycles. The van der Waals surface area contributed by atoms with Crippen molar-refractivity contribution in [3.8, 4) is 17.2 Å². The van der Waals surface area contributed by atoms with E-state index in [0.717, 1.165) is 55.0 Å². The Morgan fingerprint density at radius 3 is 2.07 bits per heavy atom. The Kier molecular flexibility index (Phi) is 5.45. The third-order valence-corrected chi connectivity index (χ3v) is 6.74. The van der Waals surface area contributed by atoms with Gasteiger partial charge in [-0.05, 0) is 73.6 Å². The summed E-state index contributed by atoms with van der Waals surface area (Å²) in [5.41, 5.74) is 2.70. The first-order valence-electron chi connectivity index (χ1n) is 10.3. The van der Waals surface area contributed by atoms with Crippen LogP contribution in [0, 0.1) is 6.92 Å². The van der Waals surface area contributed by atoms with Crippen molar-refractivity contribution in [2.24, 2.45) is 0 Å². The minimum atomic E-state index is -0.763. The summed E-state index contributed by atoms with van der Waals surface area (Å²) in [5, 5.41) is 11.5. The lowest BCUT2D eigenvalue weighted by Crippen LogP contribution is -2.49. The van der Waals surface area contributed by atoms with Gasteiger partial charge in [0.2, 0.25) is 0 Å². The molecule has 2 saturated heterocycles. The first-order valence-corrected chi connectivity index (χ1v) is 10.3. The second-order valence-corrected chi connectivity index (χ2v) is 8.36. The summed E-state index contributed by atoms with van der Waals surface area (Å²) in [6.45, 7) is 3.00. The Bertz CT molecular complexity index is 850. The van der Waals surface area contributed by atoms with E-state index in [1.54, 1.807) is 21.3 Å². The van der Waals surface area contributed by atoms with E-state index in [1.807, 2.05) is 30.3 Å². The highest BCUT2D eigenvalue weighted by Gasteiger charge is 2.48. The molecule has 5 heteroatoms. The molecule has 29 heavy (non-hydrogen) atoms. The van der Waals surface area contributed by atoms with E-state index in [9.17, 15) is 5.11 Å². The van der Waals surface area contributed by atoms with Gasteiger partial charge in [0.1, 0.15) is 5.75 Å². The zero-order valence-electron chi connectivity index (χ0n) is 17.8. The molecular formula is C24H31NO4. The molecule has 2 aliphatic heterocycles. The van der Waals surface area contributed by atoms with E-state index in [4.69, 9.17) is 14.2 Å². The van der Waals surface area contributed by atoms with E-state index < -0.39 is 5.60 Å². The molecule has 0 amide bonds. The van der Waals surface area contributed by atoms with E-state index in [0.29, 0.717) is 12.1 Å². The maximum Gasteiger partial charge on any atom is 0.161 e. The van der Waals surface area contributed by atoms with Gasteiger partial charge in [-0.3, -0.25) is 4.90 Å². The molecule has 0 aromatic heterocycles. The molecule has 0 radical (unpaired) electrons. The molecule has 2 aliphatic rings. The van der Waals surface area contributed by atoms with Crippen LogP contribution in [0.25, 0.3) is 0 Å². The highest BCUT2D eigenvalue weighted by atomic mass is 16.5. The highest BCUT2D eigenvalue weighted by Crippen LogP contribution is 2.47. The second kappa shape index (κ2) is 7.88. The van der Waals surface area contributed by atoms with Gasteiger partial charge in [0.15, 0.2) is 11.5 Å². The number of nitrogens with zero attached hydrogens (tertiary/aromatic N) is 1. The average Bonchev–Trinajstić information content (AvgIpc) is 2.98. The first kappa shape index (κ1) is 20.0. The summed E-state index contributed by atoms with van der Waals surface area (Å²) >= 11 is 0. The van der Waals surface area contributed by atoms with E-state index in [1.165, 1.54) is 11.1 Å². The summed E-state index contributed by atoms with van der Waals surface area (Å²) in [4.78, 5) is 2.58. The Labute approximate surface area is 173 Å². The number of piperidine rings is 1. The summed E-state index contributed by atoms with van der Waals surface area (Å²) < 4.78 is 16.2. The SMILES string of the molecule is COc1ccc(C2(O)CC3CCC(C2)N3Cc2cc(OC)c(OC)cc2C)cc1. The van der Waals surface area contributed by atoms with Crippen LogP contribution in [0.4, 0.5) is 0 Å². The van der Waals surface area contributed by atoms with Gasteiger partial charge >= 0.3 is 0 Å². The second-order valence-electron chi connectivity index (χ2n) is 8.36. The molecule has 1 N–H and O–H groups in total. The van der Waals surface area contributed by atoms with Crippen molar-refractivity contribution >= 4 is 0 Å². The lowest BCUT2D eigenvalue weighted by molar-refractivity contribution is -0.0595.